The minimum Gasteiger partial charge on any atom is -0.385 e. The molecule has 2 aromatic rings. The Morgan fingerprint density at radius 3 is 2.54 bits per heavy atom. The first kappa shape index (κ1) is 21.3. The predicted octanol–water partition coefficient (Wildman–Crippen LogP) is 2.98. The molecule has 2 aromatic carbocycles. The summed E-state index contributed by atoms with van der Waals surface area (Å²) < 4.78 is 4.96. The fourth-order valence-corrected chi connectivity index (χ4v) is 2.56. The van der Waals surface area contributed by atoms with Crippen LogP contribution in [0.25, 0.3) is 6.08 Å². The third-order valence-electron chi connectivity index (χ3n) is 3.69. The summed E-state index contributed by atoms with van der Waals surface area (Å²) in [4.78, 5) is 24.4. The van der Waals surface area contributed by atoms with Crippen LogP contribution in [-0.4, -0.2) is 37.2 Å². The second kappa shape index (κ2) is 11.6. The Labute approximate surface area is 170 Å². The molecule has 0 aliphatic rings. The third kappa shape index (κ3) is 7.30. The van der Waals surface area contributed by atoms with Crippen LogP contribution >= 0.6 is 12.2 Å². The molecule has 0 aromatic heterocycles. The van der Waals surface area contributed by atoms with Gasteiger partial charge in [0.1, 0.15) is 0 Å². The number of hydrogen-bond acceptors (Lipinski definition) is 4. The Hall–Kier alpha value is -3.03. The molecule has 0 radical (unpaired) electrons. The summed E-state index contributed by atoms with van der Waals surface area (Å²) in [7, 11) is 1.62. The van der Waals surface area contributed by atoms with Crippen LogP contribution in [0, 0.1) is 0 Å². The van der Waals surface area contributed by atoms with Crippen molar-refractivity contribution in [3.63, 3.8) is 0 Å². The molecule has 2 amide bonds. The predicted molar refractivity (Wildman–Crippen MR) is 115 cm³/mol. The van der Waals surface area contributed by atoms with Crippen molar-refractivity contribution >= 4 is 40.9 Å². The molecule has 0 aliphatic carbocycles. The normalized spacial score (nSPS) is 10.5. The number of rotatable bonds is 8. The van der Waals surface area contributed by atoms with Gasteiger partial charge in [-0.15, -0.1) is 0 Å². The number of methoxy groups -OCH3 is 1. The van der Waals surface area contributed by atoms with Crippen molar-refractivity contribution < 1.29 is 14.3 Å². The van der Waals surface area contributed by atoms with Crippen LogP contribution in [0.3, 0.4) is 0 Å². The summed E-state index contributed by atoms with van der Waals surface area (Å²) in [6, 6.07) is 16.4. The number of carbonyl (C=O) groups is 2. The molecule has 0 atom stereocenters. The van der Waals surface area contributed by atoms with Gasteiger partial charge in [0.2, 0.25) is 5.91 Å². The second-order valence-corrected chi connectivity index (χ2v) is 6.24. The van der Waals surface area contributed by atoms with Gasteiger partial charge in [0.15, 0.2) is 5.11 Å². The number of carbonyl (C=O) groups excluding carboxylic acids is 2. The van der Waals surface area contributed by atoms with E-state index in [0.29, 0.717) is 24.4 Å². The highest BCUT2D eigenvalue weighted by Gasteiger charge is 2.12. The Morgan fingerprint density at radius 2 is 1.79 bits per heavy atom. The van der Waals surface area contributed by atoms with Gasteiger partial charge in [-0.3, -0.25) is 14.9 Å². The first-order valence-electron chi connectivity index (χ1n) is 8.81. The number of anilines is 1. The molecule has 0 fully saturated rings. The highest BCUT2D eigenvalue weighted by Crippen LogP contribution is 2.14. The summed E-state index contributed by atoms with van der Waals surface area (Å²) >= 11 is 5.19. The zero-order valence-electron chi connectivity index (χ0n) is 15.6. The summed E-state index contributed by atoms with van der Waals surface area (Å²) in [5, 5.41) is 8.41. The molecule has 0 saturated carbocycles. The van der Waals surface area contributed by atoms with Gasteiger partial charge in [0, 0.05) is 26.3 Å². The molecule has 28 heavy (non-hydrogen) atoms. The van der Waals surface area contributed by atoms with Gasteiger partial charge >= 0.3 is 0 Å². The standard InChI is InChI=1S/C21H23N3O3S/c1-27-15-7-14-22-20(26)17-10-5-6-11-18(17)23-21(28)24-19(25)13-12-16-8-3-2-4-9-16/h2-6,8-13H,7,14-15H2,1H3,(H,22,26)(H2,23,24,25,28)/b13-12+. The third-order valence-corrected chi connectivity index (χ3v) is 3.90. The van der Waals surface area contributed by atoms with E-state index in [2.05, 4.69) is 16.0 Å². The molecular formula is C21H23N3O3S. The molecule has 0 spiro atoms. The number of hydrogen-bond donors (Lipinski definition) is 3. The van der Waals surface area contributed by atoms with E-state index >= 15 is 0 Å². The fraction of sp³-hybridized carbons (Fsp3) is 0.190. The molecule has 146 valence electrons. The molecule has 3 N–H and O–H groups in total. The number of para-hydroxylation sites is 1. The second-order valence-electron chi connectivity index (χ2n) is 5.84. The molecule has 0 unspecified atom stereocenters. The summed E-state index contributed by atoms with van der Waals surface area (Å²) in [6.45, 7) is 1.08. The SMILES string of the molecule is COCCCNC(=O)c1ccccc1NC(=S)NC(=O)/C=C/c1ccccc1. The molecule has 0 bridgehead atoms. The molecule has 0 saturated heterocycles. The molecule has 7 heteroatoms. The lowest BCUT2D eigenvalue weighted by atomic mass is 10.1. The Bertz CT molecular complexity index is 838. The Morgan fingerprint density at radius 1 is 1.07 bits per heavy atom. The number of nitrogens with one attached hydrogen (secondary N) is 3. The lowest BCUT2D eigenvalue weighted by Gasteiger charge is -2.13. The quantitative estimate of drug-likeness (QED) is 0.363. The smallest absolute Gasteiger partial charge is 0.253 e. The monoisotopic (exact) mass is 397 g/mol. The van der Waals surface area contributed by atoms with Gasteiger partial charge in [0.05, 0.1) is 11.3 Å². The minimum atomic E-state index is -0.358. The first-order valence-corrected chi connectivity index (χ1v) is 9.22. The number of ether oxygens (including phenoxy) is 1. The highest BCUT2D eigenvalue weighted by molar-refractivity contribution is 7.80. The highest BCUT2D eigenvalue weighted by atomic mass is 32.1. The fourth-order valence-electron chi connectivity index (χ4n) is 2.35. The largest absolute Gasteiger partial charge is 0.385 e. The summed E-state index contributed by atoms with van der Waals surface area (Å²) in [5.74, 6) is -0.583. The zero-order chi connectivity index (χ0) is 20.2. The van der Waals surface area contributed by atoms with E-state index in [1.165, 1.54) is 6.08 Å². The van der Waals surface area contributed by atoms with Crippen LogP contribution in [0.5, 0.6) is 0 Å². The van der Waals surface area contributed by atoms with Crippen LogP contribution in [-0.2, 0) is 9.53 Å². The van der Waals surface area contributed by atoms with E-state index in [9.17, 15) is 9.59 Å². The lowest BCUT2D eigenvalue weighted by molar-refractivity contribution is -0.115. The van der Waals surface area contributed by atoms with E-state index in [0.717, 1.165) is 12.0 Å². The first-order chi connectivity index (χ1) is 13.6. The van der Waals surface area contributed by atoms with E-state index < -0.39 is 0 Å². The van der Waals surface area contributed by atoms with Crippen molar-refractivity contribution in [3.8, 4) is 0 Å². The molecule has 6 nitrogen and oxygen atoms in total. The van der Waals surface area contributed by atoms with Gasteiger partial charge < -0.3 is 15.4 Å². The van der Waals surface area contributed by atoms with Crippen LogP contribution in [0.15, 0.2) is 60.7 Å². The van der Waals surface area contributed by atoms with E-state index in [-0.39, 0.29) is 16.9 Å². The van der Waals surface area contributed by atoms with Crippen LogP contribution < -0.4 is 16.0 Å². The Kier molecular flexibility index (Phi) is 8.84. The lowest BCUT2D eigenvalue weighted by Crippen LogP contribution is -2.34. The minimum absolute atomic E-state index is 0.113. The van der Waals surface area contributed by atoms with Gasteiger partial charge in [-0.25, -0.2) is 0 Å². The van der Waals surface area contributed by atoms with Crippen LogP contribution in [0.4, 0.5) is 5.69 Å². The molecule has 0 heterocycles. The maximum absolute atomic E-state index is 12.4. The molecular weight excluding hydrogens is 374 g/mol. The van der Waals surface area contributed by atoms with Gasteiger partial charge in [0.25, 0.3) is 5.91 Å². The van der Waals surface area contributed by atoms with Crippen LogP contribution in [0.1, 0.15) is 22.3 Å². The van der Waals surface area contributed by atoms with Crippen LogP contribution in [0.2, 0.25) is 0 Å². The van der Waals surface area contributed by atoms with Crippen molar-refractivity contribution in [3.05, 3.63) is 71.8 Å². The van der Waals surface area contributed by atoms with E-state index in [1.807, 2.05) is 30.3 Å². The van der Waals surface area contributed by atoms with Gasteiger partial charge in [-0.1, -0.05) is 42.5 Å². The summed E-state index contributed by atoms with van der Waals surface area (Å²) in [5.41, 5.74) is 1.87. The van der Waals surface area contributed by atoms with Gasteiger partial charge in [-0.2, -0.15) is 0 Å². The molecule has 2 rings (SSSR count). The summed E-state index contributed by atoms with van der Waals surface area (Å²) in [6.07, 6.45) is 3.82. The van der Waals surface area contributed by atoms with Crippen molar-refractivity contribution in [2.24, 2.45) is 0 Å². The van der Waals surface area contributed by atoms with E-state index in [4.69, 9.17) is 17.0 Å². The van der Waals surface area contributed by atoms with Crippen molar-refractivity contribution in [1.29, 1.82) is 0 Å². The van der Waals surface area contributed by atoms with Gasteiger partial charge in [-0.05, 0) is 42.4 Å². The maximum Gasteiger partial charge on any atom is 0.253 e. The van der Waals surface area contributed by atoms with Crippen molar-refractivity contribution in [1.82, 2.24) is 10.6 Å². The van der Waals surface area contributed by atoms with Crippen molar-refractivity contribution in [2.75, 3.05) is 25.6 Å². The average Bonchev–Trinajstić information content (AvgIpc) is 2.70. The van der Waals surface area contributed by atoms with Crippen molar-refractivity contribution in [2.45, 2.75) is 6.42 Å². The maximum atomic E-state index is 12.4. The topological polar surface area (TPSA) is 79.5 Å². The average molecular weight is 398 g/mol. The zero-order valence-corrected chi connectivity index (χ0v) is 16.4. The molecule has 0 aliphatic heterocycles. The Balaban J connectivity index is 1.92. The number of thiocarbonyl (C=S) groups is 1. The van der Waals surface area contributed by atoms with E-state index in [1.54, 1.807) is 37.5 Å². The number of amides is 2. The number of benzene rings is 2.